The molecule has 246 valence electrons. The molecule has 1 unspecified atom stereocenters. The largest absolute Gasteiger partial charge is 0.313 e. The van der Waals surface area contributed by atoms with Crippen LogP contribution in [-0.4, -0.2) is 0 Å². The van der Waals surface area contributed by atoms with Crippen molar-refractivity contribution in [3.8, 4) is 0 Å². The van der Waals surface area contributed by atoms with Gasteiger partial charge in [0.25, 0.3) is 0 Å². The molecule has 0 bridgehead atoms. The number of nitrogens with zero attached hydrogens (tertiary/aromatic N) is 2. The van der Waals surface area contributed by atoms with E-state index in [9.17, 15) is 0 Å². The van der Waals surface area contributed by atoms with Crippen LogP contribution >= 0.6 is 0 Å². The van der Waals surface area contributed by atoms with E-state index in [4.69, 9.17) is 0 Å². The molecule has 0 saturated heterocycles. The average Bonchev–Trinajstić information content (AvgIpc) is 3.17. The third kappa shape index (κ3) is 5.27. The zero-order valence-corrected chi connectivity index (χ0v) is 29.3. The lowest BCUT2D eigenvalue weighted by Gasteiger charge is -2.47. The van der Waals surface area contributed by atoms with Crippen molar-refractivity contribution in [3.05, 3.63) is 203 Å². The van der Waals surface area contributed by atoms with Gasteiger partial charge in [-0.3, -0.25) is 0 Å². The van der Waals surface area contributed by atoms with E-state index in [-0.39, 0.29) is 5.41 Å². The minimum absolute atomic E-state index is 0.352. The van der Waals surface area contributed by atoms with Crippen LogP contribution in [0, 0.1) is 19.3 Å². The van der Waals surface area contributed by atoms with Gasteiger partial charge in [0.05, 0.1) is 5.70 Å². The summed E-state index contributed by atoms with van der Waals surface area (Å²) in [4.78, 5) is 5.03. The Morgan fingerprint density at radius 3 is 1.53 bits per heavy atom. The van der Waals surface area contributed by atoms with Crippen molar-refractivity contribution in [2.45, 2.75) is 27.2 Å². The fourth-order valence-electron chi connectivity index (χ4n) is 8.11. The van der Waals surface area contributed by atoms with Crippen molar-refractivity contribution in [1.29, 1.82) is 0 Å². The highest BCUT2D eigenvalue weighted by Crippen LogP contribution is 2.53. The maximum absolute atomic E-state index is 2.53. The minimum atomic E-state index is -0.352. The normalized spacial score (nSPS) is 16.5. The molecule has 1 atom stereocenters. The van der Waals surface area contributed by atoms with Crippen molar-refractivity contribution in [3.63, 3.8) is 0 Å². The molecule has 0 aromatic heterocycles. The summed E-state index contributed by atoms with van der Waals surface area (Å²) in [6.45, 7) is 6.77. The monoisotopic (exact) mass is 656 g/mol. The molecule has 9 rings (SSSR count). The van der Waals surface area contributed by atoms with Crippen LogP contribution in [0.5, 0.6) is 0 Å². The van der Waals surface area contributed by atoms with Gasteiger partial charge in [0.2, 0.25) is 0 Å². The van der Waals surface area contributed by atoms with Gasteiger partial charge in [0.15, 0.2) is 0 Å². The Kier molecular flexibility index (Phi) is 7.47. The number of benzene rings is 7. The third-order valence-corrected chi connectivity index (χ3v) is 10.7. The molecule has 2 aliphatic rings. The summed E-state index contributed by atoms with van der Waals surface area (Å²) in [7, 11) is 0. The summed E-state index contributed by atoms with van der Waals surface area (Å²) in [5.74, 6) is 0. The predicted octanol–water partition coefficient (Wildman–Crippen LogP) is 11.4. The number of hydrogen-bond donors (Lipinski definition) is 0. The average molecular weight is 657 g/mol. The molecule has 0 spiro atoms. The van der Waals surface area contributed by atoms with Crippen molar-refractivity contribution in [1.82, 2.24) is 0 Å². The van der Waals surface area contributed by atoms with E-state index in [1.807, 2.05) is 0 Å². The first-order chi connectivity index (χ1) is 25.0. The number of rotatable bonds is 6. The molecular formula is C49H40N2. The molecule has 2 aliphatic carbocycles. The second-order valence-corrected chi connectivity index (χ2v) is 14.2. The van der Waals surface area contributed by atoms with E-state index in [0.717, 1.165) is 29.2 Å². The maximum atomic E-state index is 2.53. The fourth-order valence-corrected chi connectivity index (χ4v) is 8.11. The highest BCUT2D eigenvalue weighted by molar-refractivity contribution is 5.99. The first-order valence-electron chi connectivity index (χ1n) is 17.9. The molecule has 2 heteroatoms. The molecule has 2 nitrogen and oxygen atoms in total. The van der Waals surface area contributed by atoms with Crippen LogP contribution in [0.15, 0.2) is 182 Å². The van der Waals surface area contributed by atoms with Crippen LogP contribution in [0.3, 0.4) is 0 Å². The topological polar surface area (TPSA) is 6.48 Å². The number of allylic oxidation sites excluding steroid dienone is 3. The van der Waals surface area contributed by atoms with E-state index < -0.39 is 0 Å². The Morgan fingerprint density at radius 1 is 0.471 bits per heavy atom. The van der Waals surface area contributed by atoms with Gasteiger partial charge in [-0.25, -0.2) is 0 Å². The van der Waals surface area contributed by atoms with Crippen LogP contribution in [0.25, 0.3) is 32.9 Å². The SMILES string of the molecule is Cc1ccc(N(C2=c3ccccc3=C(N(c3ccc(C)cc3)c3ccc4ccccc4c3)C3(C)CC=CC=C23)c2ccc3ccccc3c2)cc1. The molecule has 7 aromatic rings. The van der Waals surface area contributed by atoms with Gasteiger partial charge in [-0.05, 0) is 103 Å². The van der Waals surface area contributed by atoms with Crippen LogP contribution in [0.1, 0.15) is 24.5 Å². The molecule has 0 fully saturated rings. The van der Waals surface area contributed by atoms with E-state index >= 15 is 0 Å². The summed E-state index contributed by atoms with van der Waals surface area (Å²) >= 11 is 0. The van der Waals surface area contributed by atoms with Crippen LogP contribution < -0.4 is 20.2 Å². The number of anilines is 4. The third-order valence-electron chi connectivity index (χ3n) is 10.7. The minimum Gasteiger partial charge on any atom is -0.313 e. The van der Waals surface area contributed by atoms with E-state index in [1.165, 1.54) is 60.1 Å². The molecular weight excluding hydrogens is 617 g/mol. The molecule has 0 aliphatic heterocycles. The molecule has 0 amide bonds. The highest BCUT2D eigenvalue weighted by Gasteiger charge is 2.43. The number of fused-ring (bicyclic) bond motifs is 4. The molecule has 0 saturated carbocycles. The van der Waals surface area contributed by atoms with Gasteiger partial charge in [0.1, 0.15) is 0 Å². The summed E-state index contributed by atoms with van der Waals surface area (Å²) in [6, 6.07) is 58.1. The van der Waals surface area contributed by atoms with Crippen molar-refractivity contribution in [2.75, 3.05) is 9.80 Å². The smallest absolute Gasteiger partial charge is 0.0582 e. The molecule has 7 aromatic carbocycles. The zero-order valence-electron chi connectivity index (χ0n) is 29.3. The van der Waals surface area contributed by atoms with E-state index in [0.29, 0.717) is 0 Å². The standard InChI is InChI=1S/C49H40N2/c1-34-19-25-40(26-20-34)50(42-29-23-36-12-4-6-14-38(36)32-42)47-44-16-8-9-17-45(44)48(49(3)31-11-10-18-46(47)49)51(41-27-21-35(2)22-28-41)43-30-24-37-13-5-7-15-39(37)33-43/h4-30,32-33H,31H2,1-3H3. The number of aryl methyl sites for hydroxylation is 2. The Balaban J connectivity index is 1.41. The second-order valence-electron chi connectivity index (χ2n) is 14.2. The molecule has 51 heavy (non-hydrogen) atoms. The van der Waals surface area contributed by atoms with Crippen molar-refractivity contribution >= 4 is 55.7 Å². The zero-order chi connectivity index (χ0) is 34.5. The summed E-state index contributed by atoms with van der Waals surface area (Å²) in [6.07, 6.45) is 7.84. The van der Waals surface area contributed by atoms with Gasteiger partial charge in [-0.1, -0.05) is 139 Å². The first kappa shape index (κ1) is 30.9. The van der Waals surface area contributed by atoms with Crippen LogP contribution in [0.2, 0.25) is 0 Å². The van der Waals surface area contributed by atoms with Crippen LogP contribution in [0.4, 0.5) is 22.7 Å². The highest BCUT2D eigenvalue weighted by atomic mass is 15.2. The summed E-state index contributed by atoms with van der Waals surface area (Å²) < 4.78 is 0. The Hall–Kier alpha value is -6.12. The fraction of sp³-hybridized carbons (Fsp3) is 0.102. The summed E-state index contributed by atoms with van der Waals surface area (Å²) in [5, 5.41) is 7.41. The van der Waals surface area contributed by atoms with E-state index in [2.05, 4.69) is 207 Å². The van der Waals surface area contributed by atoms with Gasteiger partial charge < -0.3 is 9.80 Å². The lowest BCUT2D eigenvalue weighted by molar-refractivity contribution is 0.534. The second kappa shape index (κ2) is 12.3. The first-order valence-corrected chi connectivity index (χ1v) is 17.9. The molecule has 0 radical (unpaired) electrons. The Bertz CT molecular complexity index is 2640. The predicted molar refractivity (Wildman–Crippen MR) is 217 cm³/mol. The van der Waals surface area contributed by atoms with Crippen LogP contribution in [-0.2, 0) is 0 Å². The lowest BCUT2D eigenvalue weighted by Crippen LogP contribution is -2.49. The lowest BCUT2D eigenvalue weighted by atomic mass is 9.68. The maximum Gasteiger partial charge on any atom is 0.0582 e. The molecule has 0 N–H and O–H groups in total. The van der Waals surface area contributed by atoms with Crippen molar-refractivity contribution < 1.29 is 0 Å². The Labute approximate surface area is 300 Å². The van der Waals surface area contributed by atoms with Gasteiger partial charge in [0, 0.05) is 44.3 Å². The quantitative estimate of drug-likeness (QED) is 0.176. The van der Waals surface area contributed by atoms with Gasteiger partial charge in [-0.15, -0.1) is 0 Å². The summed E-state index contributed by atoms with van der Waals surface area (Å²) in [5.41, 5.74) is 10.6. The van der Waals surface area contributed by atoms with Crippen molar-refractivity contribution in [2.24, 2.45) is 5.41 Å². The Morgan fingerprint density at radius 2 is 0.941 bits per heavy atom. The van der Waals surface area contributed by atoms with Gasteiger partial charge >= 0.3 is 0 Å². The number of hydrogen-bond acceptors (Lipinski definition) is 2. The van der Waals surface area contributed by atoms with E-state index in [1.54, 1.807) is 0 Å². The van der Waals surface area contributed by atoms with Gasteiger partial charge in [-0.2, -0.15) is 0 Å². The molecule has 0 heterocycles.